The number of carbonyl (C=O) groups is 2. The molecule has 1 aromatic carbocycles. The minimum atomic E-state index is -0.878. The number of benzene rings is 1. The SMILES string of the molecule is CCCCCCC(N)C(=O)OC(=O)c1ccccc1O.[H-].[Na+]. The molecule has 0 bridgehead atoms. The summed E-state index contributed by atoms with van der Waals surface area (Å²) in [5.41, 5.74) is 5.63. The van der Waals surface area contributed by atoms with Gasteiger partial charge in [-0.25, -0.2) is 9.59 Å². The third kappa shape index (κ3) is 7.09. The average Bonchev–Trinajstić information content (AvgIpc) is 2.43. The van der Waals surface area contributed by atoms with E-state index >= 15 is 0 Å². The fourth-order valence-corrected chi connectivity index (χ4v) is 1.78. The molecule has 5 nitrogen and oxygen atoms in total. The minimum Gasteiger partial charge on any atom is -1.00 e. The van der Waals surface area contributed by atoms with Crippen LogP contribution in [0.4, 0.5) is 0 Å². The Morgan fingerprint density at radius 1 is 1.29 bits per heavy atom. The molecule has 1 atom stereocenters. The van der Waals surface area contributed by atoms with Gasteiger partial charge in [0.2, 0.25) is 0 Å². The van der Waals surface area contributed by atoms with Gasteiger partial charge in [-0.15, -0.1) is 0 Å². The van der Waals surface area contributed by atoms with Crippen LogP contribution in [0.25, 0.3) is 0 Å². The Morgan fingerprint density at radius 2 is 1.95 bits per heavy atom. The van der Waals surface area contributed by atoms with Crippen molar-refractivity contribution >= 4 is 11.9 Å². The molecule has 0 heterocycles. The molecular weight excluding hydrogens is 281 g/mol. The van der Waals surface area contributed by atoms with Gasteiger partial charge in [-0.3, -0.25) is 0 Å². The number of ether oxygens (including phenoxy) is 1. The molecule has 1 aromatic rings. The van der Waals surface area contributed by atoms with Crippen LogP contribution in [-0.4, -0.2) is 23.1 Å². The first-order chi connectivity index (χ1) is 9.56. The summed E-state index contributed by atoms with van der Waals surface area (Å²) >= 11 is 0. The van der Waals surface area contributed by atoms with Gasteiger partial charge in [0.05, 0.1) is 0 Å². The second kappa shape index (κ2) is 10.8. The topological polar surface area (TPSA) is 89.6 Å². The molecule has 0 radical (unpaired) electrons. The molecule has 1 rings (SSSR count). The summed E-state index contributed by atoms with van der Waals surface area (Å²) in [6.45, 7) is 2.10. The summed E-state index contributed by atoms with van der Waals surface area (Å²) in [5.74, 6) is -1.85. The van der Waals surface area contributed by atoms with E-state index in [1.807, 2.05) is 0 Å². The van der Waals surface area contributed by atoms with Crippen LogP contribution < -0.4 is 35.3 Å². The van der Waals surface area contributed by atoms with E-state index < -0.39 is 18.0 Å². The quantitative estimate of drug-likeness (QED) is 0.306. The van der Waals surface area contributed by atoms with Crippen molar-refractivity contribution in [2.45, 2.75) is 45.1 Å². The van der Waals surface area contributed by atoms with Crippen molar-refractivity contribution in [2.75, 3.05) is 0 Å². The minimum absolute atomic E-state index is 0. The zero-order valence-corrected chi connectivity index (χ0v) is 14.7. The third-order valence-corrected chi connectivity index (χ3v) is 2.99. The van der Waals surface area contributed by atoms with Gasteiger partial charge >= 0.3 is 41.5 Å². The van der Waals surface area contributed by atoms with E-state index in [0.717, 1.165) is 25.7 Å². The molecule has 0 fully saturated rings. The zero-order chi connectivity index (χ0) is 15.0. The van der Waals surface area contributed by atoms with Gasteiger partial charge < -0.3 is 17.0 Å². The second-order valence-electron chi connectivity index (χ2n) is 4.68. The molecule has 3 N–H and O–H groups in total. The van der Waals surface area contributed by atoms with Gasteiger partial charge in [-0.05, 0) is 18.6 Å². The van der Waals surface area contributed by atoms with Crippen LogP contribution in [0.15, 0.2) is 24.3 Å². The van der Waals surface area contributed by atoms with Crippen molar-refractivity contribution in [3.05, 3.63) is 29.8 Å². The van der Waals surface area contributed by atoms with E-state index in [1.165, 1.54) is 12.1 Å². The Kier molecular flexibility index (Phi) is 10.3. The van der Waals surface area contributed by atoms with Crippen molar-refractivity contribution in [3.63, 3.8) is 0 Å². The van der Waals surface area contributed by atoms with E-state index in [4.69, 9.17) is 5.73 Å². The Morgan fingerprint density at radius 3 is 2.57 bits per heavy atom. The molecular formula is C15H22NNaO4. The van der Waals surface area contributed by atoms with Gasteiger partial charge in [0.15, 0.2) is 0 Å². The van der Waals surface area contributed by atoms with E-state index in [1.54, 1.807) is 12.1 Å². The number of phenols is 1. The van der Waals surface area contributed by atoms with Gasteiger partial charge in [0, 0.05) is 0 Å². The van der Waals surface area contributed by atoms with Crippen molar-refractivity contribution in [2.24, 2.45) is 5.73 Å². The van der Waals surface area contributed by atoms with Gasteiger partial charge in [0.25, 0.3) is 0 Å². The standard InChI is InChI=1S/C15H21NO4.Na.H/c1-2-3-4-5-9-12(16)15(19)20-14(18)11-8-6-7-10-13(11)17;;/h6-8,10,12,17H,2-5,9,16H2,1H3;;/q;+1;-1. The number of aromatic hydroxyl groups is 1. The molecule has 0 aliphatic heterocycles. The van der Waals surface area contributed by atoms with Crippen molar-refractivity contribution < 1.29 is 50.4 Å². The van der Waals surface area contributed by atoms with Crippen LogP contribution in [0.1, 0.15) is 50.8 Å². The molecule has 0 aromatic heterocycles. The summed E-state index contributed by atoms with van der Waals surface area (Å²) in [6.07, 6.45) is 4.52. The van der Waals surface area contributed by atoms with E-state index in [0.29, 0.717) is 6.42 Å². The number of hydrogen-bond donors (Lipinski definition) is 2. The summed E-state index contributed by atoms with van der Waals surface area (Å²) in [7, 11) is 0. The third-order valence-electron chi connectivity index (χ3n) is 2.99. The maximum Gasteiger partial charge on any atom is 1.00 e. The predicted molar refractivity (Wildman–Crippen MR) is 76.4 cm³/mol. The molecule has 0 saturated heterocycles. The van der Waals surface area contributed by atoms with Crippen LogP contribution >= 0.6 is 0 Å². The molecule has 0 spiro atoms. The van der Waals surface area contributed by atoms with Gasteiger partial charge in [-0.2, -0.15) is 0 Å². The molecule has 1 unspecified atom stereocenters. The monoisotopic (exact) mass is 303 g/mol. The molecule has 6 heteroatoms. The zero-order valence-electron chi connectivity index (χ0n) is 13.7. The van der Waals surface area contributed by atoms with Gasteiger partial charge in [-0.1, -0.05) is 44.7 Å². The van der Waals surface area contributed by atoms with Crippen LogP contribution in [0.2, 0.25) is 0 Å². The largest absolute Gasteiger partial charge is 1.00 e. The Bertz CT molecular complexity index is 471. The Hall–Kier alpha value is -0.880. The number of phenolic OH excluding ortho intramolecular Hbond substituents is 1. The first kappa shape index (κ1) is 20.1. The van der Waals surface area contributed by atoms with E-state index in [-0.39, 0.29) is 42.3 Å². The normalized spacial score (nSPS) is 11.3. The first-order valence-corrected chi connectivity index (χ1v) is 6.85. The summed E-state index contributed by atoms with van der Waals surface area (Å²) < 4.78 is 4.67. The number of unbranched alkanes of at least 4 members (excludes halogenated alkanes) is 3. The van der Waals surface area contributed by atoms with E-state index in [2.05, 4.69) is 11.7 Å². The van der Waals surface area contributed by atoms with Crippen LogP contribution in [0.3, 0.4) is 0 Å². The fraction of sp³-hybridized carbons (Fsp3) is 0.467. The number of para-hydroxylation sites is 1. The van der Waals surface area contributed by atoms with Crippen molar-refractivity contribution in [1.82, 2.24) is 0 Å². The van der Waals surface area contributed by atoms with Gasteiger partial charge in [0.1, 0.15) is 17.4 Å². The average molecular weight is 303 g/mol. The van der Waals surface area contributed by atoms with Crippen molar-refractivity contribution in [1.29, 1.82) is 0 Å². The molecule has 112 valence electrons. The number of rotatable bonds is 7. The molecule has 0 aliphatic carbocycles. The maximum atomic E-state index is 11.7. The number of hydrogen-bond acceptors (Lipinski definition) is 5. The van der Waals surface area contributed by atoms with E-state index in [9.17, 15) is 14.7 Å². The molecule has 21 heavy (non-hydrogen) atoms. The second-order valence-corrected chi connectivity index (χ2v) is 4.68. The Balaban J connectivity index is 0. The number of carbonyl (C=O) groups excluding carboxylic acids is 2. The predicted octanol–water partition coefficient (Wildman–Crippen LogP) is -0.510. The number of esters is 2. The Labute approximate surface area is 148 Å². The van der Waals surface area contributed by atoms with Crippen LogP contribution in [0.5, 0.6) is 5.75 Å². The first-order valence-electron chi connectivity index (χ1n) is 6.85. The van der Waals surface area contributed by atoms with Crippen LogP contribution in [-0.2, 0) is 9.53 Å². The fourth-order valence-electron chi connectivity index (χ4n) is 1.78. The molecule has 0 amide bonds. The number of nitrogens with two attached hydrogens (primary N) is 1. The summed E-state index contributed by atoms with van der Waals surface area (Å²) in [4.78, 5) is 23.4. The maximum absolute atomic E-state index is 11.7. The molecule has 0 saturated carbocycles. The van der Waals surface area contributed by atoms with Crippen LogP contribution in [0, 0.1) is 0 Å². The summed E-state index contributed by atoms with van der Waals surface area (Å²) in [5, 5.41) is 9.49. The smallest absolute Gasteiger partial charge is 1.00 e. The van der Waals surface area contributed by atoms with Crippen molar-refractivity contribution in [3.8, 4) is 5.75 Å². The summed E-state index contributed by atoms with van der Waals surface area (Å²) in [6, 6.07) is 5.09. The molecule has 0 aliphatic rings.